The minimum absolute atomic E-state index is 0.0357. The average Bonchev–Trinajstić information content (AvgIpc) is 2.94. The number of alkyl halides is 2. The Morgan fingerprint density at radius 3 is 2.67 bits per heavy atom. The maximum Gasteiger partial charge on any atom is 0.387 e. The van der Waals surface area contributed by atoms with Gasteiger partial charge in [-0.1, -0.05) is 11.8 Å². The second-order valence-electron chi connectivity index (χ2n) is 3.64. The van der Waals surface area contributed by atoms with Gasteiger partial charge in [0.15, 0.2) is 0 Å². The Bertz CT molecular complexity index is 604. The van der Waals surface area contributed by atoms with Crippen LogP contribution < -0.4 is 4.74 Å². The van der Waals surface area contributed by atoms with Crippen molar-refractivity contribution in [3.05, 3.63) is 24.3 Å². The van der Waals surface area contributed by atoms with Gasteiger partial charge in [0.05, 0.1) is 7.11 Å². The van der Waals surface area contributed by atoms with Gasteiger partial charge in [-0.3, -0.25) is 4.79 Å². The van der Waals surface area contributed by atoms with Crippen molar-refractivity contribution >= 4 is 17.7 Å². The molecule has 0 atom stereocenters. The smallest absolute Gasteiger partial charge is 0.387 e. The van der Waals surface area contributed by atoms with Crippen LogP contribution in [0, 0.1) is 0 Å². The highest BCUT2D eigenvalue weighted by atomic mass is 32.2. The summed E-state index contributed by atoms with van der Waals surface area (Å²) in [6.07, 6.45) is 0. The molecule has 2 aromatic rings. The number of methoxy groups -OCH3 is 1. The number of rotatable bonds is 6. The number of thioether (sulfide) groups is 1. The zero-order valence-electron chi connectivity index (χ0n) is 10.8. The lowest BCUT2D eigenvalue weighted by molar-refractivity contribution is -0.137. The van der Waals surface area contributed by atoms with Crippen molar-refractivity contribution in [1.29, 1.82) is 0 Å². The van der Waals surface area contributed by atoms with Gasteiger partial charge in [-0.2, -0.15) is 8.78 Å². The molecule has 0 fully saturated rings. The summed E-state index contributed by atoms with van der Waals surface area (Å²) >= 11 is 1.04. The van der Waals surface area contributed by atoms with Crippen molar-refractivity contribution in [2.24, 2.45) is 0 Å². The Kier molecular flexibility index (Phi) is 5.09. The fourth-order valence-corrected chi connectivity index (χ4v) is 1.94. The quantitative estimate of drug-likeness (QED) is 0.599. The van der Waals surface area contributed by atoms with E-state index in [0.29, 0.717) is 5.56 Å². The van der Waals surface area contributed by atoms with Gasteiger partial charge in [-0.25, -0.2) is 0 Å². The molecule has 1 aromatic carbocycles. The van der Waals surface area contributed by atoms with Gasteiger partial charge in [-0.15, -0.1) is 10.2 Å². The second kappa shape index (κ2) is 7.02. The SMILES string of the molecule is COC(=O)CSc1nnc(-c2ccc(OC(F)F)cc2)o1. The molecular formula is C12H10F2N2O4S. The molecule has 0 bridgehead atoms. The number of benzene rings is 1. The maximum atomic E-state index is 12.0. The fourth-order valence-electron chi connectivity index (χ4n) is 1.34. The predicted octanol–water partition coefficient (Wildman–Crippen LogP) is 2.60. The molecule has 0 saturated carbocycles. The molecule has 0 unspecified atom stereocenters. The van der Waals surface area contributed by atoms with Crippen molar-refractivity contribution in [1.82, 2.24) is 10.2 Å². The van der Waals surface area contributed by atoms with Crippen molar-refractivity contribution in [3.63, 3.8) is 0 Å². The number of nitrogens with zero attached hydrogens (tertiary/aromatic N) is 2. The summed E-state index contributed by atoms with van der Waals surface area (Å²) in [7, 11) is 1.28. The molecule has 2 rings (SSSR count). The Balaban J connectivity index is 2.02. The van der Waals surface area contributed by atoms with Crippen molar-refractivity contribution < 1.29 is 27.5 Å². The molecule has 21 heavy (non-hydrogen) atoms. The normalized spacial score (nSPS) is 10.7. The van der Waals surface area contributed by atoms with E-state index in [9.17, 15) is 13.6 Å². The molecule has 0 aliphatic carbocycles. The standard InChI is InChI=1S/C12H10F2N2O4S/c1-18-9(17)6-21-12-16-15-10(20-12)7-2-4-8(5-3-7)19-11(13)14/h2-5,11H,6H2,1H3. The van der Waals surface area contributed by atoms with Gasteiger partial charge in [0, 0.05) is 5.56 Å². The van der Waals surface area contributed by atoms with Crippen LogP contribution in [-0.4, -0.2) is 35.6 Å². The van der Waals surface area contributed by atoms with E-state index >= 15 is 0 Å². The highest BCUT2D eigenvalue weighted by Gasteiger charge is 2.12. The van der Waals surface area contributed by atoms with Crippen LogP contribution >= 0.6 is 11.8 Å². The summed E-state index contributed by atoms with van der Waals surface area (Å²) in [5.41, 5.74) is 0.550. The summed E-state index contributed by atoms with van der Waals surface area (Å²) in [4.78, 5) is 11.0. The van der Waals surface area contributed by atoms with E-state index in [-0.39, 0.29) is 22.6 Å². The molecule has 9 heteroatoms. The minimum Gasteiger partial charge on any atom is -0.468 e. The molecule has 1 aromatic heterocycles. The van der Waals surface area contributed by atoms with Gasteiger partial charge in [0.2, 0.25) is 5.89 Å². The molecule has 0 saturated heterocycles. The van der Waals surface area contributed by atoms with Crippen LogP contribution in [0.5, 0.6) is 5.75 Å². The summed E-state index contributed by atoms with van der Waals surface area (Å²) in [6, 6.07) is 5.76. The molecule has 6 nitrogen and oxygen atoms in total. The number of hydrogen-bond donors (Lipinski definition) is 0. The first-order valence-corrected chi connectivity index (χ1v) is 6.65. The summed E-state index contributed by atoms with van der Waals surface area (Å²) in [5.74, 6) is -0.105. The third-order valence-corrected chi connectivity index (χ3v) is 3.07. The van der Waals surface area contributed by atoms with Crippen molar-refractivity contribution in [2.75, 3.05) is 12.9 Å². The average molecular weight is 316 g/mol. The van der Waals surface area contributed by atoms with Crippen molar-refractivity contribution in [2.45, 2.75) is 11.8 Å². The van der Waals surface area contributed by atoms with Crippen LogP contribution in [0.2, 0.25) is 0 Å². The van der Waals surface area contributed by atoms with Crippen LogP contribution in [0.4, 0.5) is 8.78 Å². The van der Waals surface area contributed by atoms with Crippen LogP contribution in [-0.2, 0) is 9.53 Å². The maximum absolute atomic E-state index is 12.0. The summed E-state index contributed by atoms with van der Waals surface area (Å²) < 4.78 is 38.1. The van der Waals surface area contributed by atoms with Crippen molar-refractivity contribution in [3.8, 4) is 17.2 Å². The molecule has 1 heterocycles. The lowest BCUT2D eigenvalue weighted by Crippen LogP contribution is -2.02. The lowest BCUT2D eigenvalue weighted by atomic mass is 10.2. The van der Waals surface area contributed by atoms with E-state index in [1.54, 1.807) is 0 Å². The van der Waals surface area contributed by atoms with Crippen LogP contribution in [0.15, 0.2) is 33.9 Å². The number of halogens is 2. The first-order chi connectivity index (χ1) is 10.1. The topological polar surface area (TPSA) is 74.5 Å². The Hall–Kier alpha value is -2.16. The van der Waals surface area contributed by atoms with Crippen LogP contribution in [0.3, 0.4) is 0 Å². The monoisotopic (exact) mass is 316 g/mol. The van der Waals surface area contributed by atoms with E-state index in [1.165, 1.54) is 31.4 Å². The Morgan fingerprint density at radius 1 is 1.33 bits per heavy atom. The number of hydrogen-bond acceptors (Lipinski definition) is 7. The number of esters is 1. The van der Waals surface area contributed by atoms with Gasteiger partial charge >= 0.3 is 12.6 Å². The second-order valence-corrected chi connectivity index (χ2v) is 4.57. The predicted molar refractivity (Wildman–Crippen MR) is 69.1 cm³/mol. The third kappa shape index (κ3) is 4.42. The van der Waals surface area contributed by atoms with Gasteiger partial charge in [-0.05, 0) is 24.3 Å². The van der Waals surface area contributed by atoms with Gasteiger partial charge < -0.3 is 13.9 Å². The Labute approximate surface area is 122 Å². The first kappa shape index (κ1) is 15.2. The minimum atomic E-state index is -2.87. The van der Waals surface area contributed by atoms with Crippen LogP contribution in [0.1, 0.15) is 0 Å². The van der Waals surface area contributed by atoms with Gasteiger partial charge in [0.1, 0.15) is 11.5 Å². The molecule has 0 aliphatic rings. The highest BCUT2D eigenvalue weighted by Crippen LogP contribution is 2.25. The van der Waals surface area contributed by atoms with E-state index in [2.05, 4.69) is 19.7 Å². The molecule has 0 N–H and O–H groups in total. The molecule has 0 aliphatic heterocycles. The molecule has 0 spiro atoms. The third-order valence-electron chi connectivity index (χ3n) is 2.27. The fraction of sp³-hybridized carbons (Fsp3) is 0.250. The molecular weight excluding hydrogens is 306 g/mol. The van der Waals surface area contributed by atoms with E-state index in [1.807, 2.05) is 0 Å². The van der Waals surface area contributed by atoms with E-state index < -0.39 is 12.6 Å². The zero-order valence-corrected chi connectivity index (χ0v) is 11.6. The molecule has 0 radical (unpaired) electrons. The number of ether oxygens (including phenoxy) is 2. The van der Waals surface area contributed by atoms with E-state index in [0.717, 1.165) is 11.8 Å². The Morgan fingerprint density at radius 2 is 2.05 bits per heavy atom. The number of aromatic nitrogens is 2. The number of carbonyl (C=O) groups is 1. The molecule has 0 amide bonds. The van der Waals surface area contributed by atoms with E-state index in [4.69, 9.17) is 4.42 Å². The highest BCUT2D eigenvalue weighted by molar-refractivity contribution is 7.99. The summed E-state index contributed by atoms with van der Waals surface area (Å²) in [5, 5.41) is 7.77. The summed E-state index contributed by atoms with van der Waals surface area (Å²) in [6.45, 7) is -2.87. The van der Waals surface area contributed by atoms with Crippen LogP contribution in [0.25, 0.3) is 11.5 Å². The first-order valence-electron chi connectivity index (χ1n) is 5.67. The number of carbonyl (C=O) groups excluding carboxylic acids is 1. The van der Waals surface area contributed by atoms with Gasteiger partial charge in [0.25, 0.3) is 5.22 Å². The largest absolute Gasteiger partial charge is 0.468 e. The zero-order chi connectivity index (χ0) is 15.2. The molecule has 112 valence electrons. The lowest BCUT2D eigenvalue weighted by Gasteiger charge is -2.03.